The average molecular weight is 276 g/mol. The van der Waals surface area contributed by atoms with Crippen LogP contribution in [0, 0.1) is 11.3 Å². The Labute approximate surface area is 100 Å². The highest BCUT2D eigenvalue weighted by Crippen LogP contribution is 2.24. The van der Waals surface area contributed by atoms with Crippen molar-refractivity contribution in [2.24, 2.45) is 0 Å². The maximum Gasteiger partial charge on any atom is 0.240 e. The number of benzene rings is 1. The van der Waals surface area contributed by atoms with E-state index in [-0.39, 0.29) is 5.95 Å². The summed E-state index contributed by atoms with van der Waals surface area (Å²) in [6, 6.07) is 9.03. The first kappa shape index (κ1) is 10.5. The van der Waals surface area contributed by atoms with Crippen LogP contribution in [0.15, 0.2) is 28.9 Å². The van der Waals surface area contributed by atoms with Gasteiger partial charge in [0.2, 0.25) is 5.95 Å². The Morgan fingerprint density at radius 1 is 1.19 bits per heavy atom. The van der Waals surface area contributed by atoms with Gasteiger partial charge < -0.3 is 5.73 Å². The molecule has 0 aliphatic rings. The molecule has 0 saturated carbocycles. The van der Waals surface area contributed by atoms with Crippen molar-refractivity contribution in [1.29, 1.82) is 5.26 Å². The molecular weight excluding hydrogens is 270 g/mol. The number of nitriles is 1. The van der Waals surface area contributed by atoms with Gasteiger partial charge in [0, 0.05) is 5.56 Å². The zero-order valence-corrected chi connectivity index (χ0v) is 9.64. The third-order valence-corrected chi connectivity index (χ3v) is 2.48. The van der Waals surface area contributed by atoms with Gasteiger partial charge in [-0.1, -0.05) is 12.1 Å². The van der Waals surface area contributed by atoms with Gasteiger partial charge in [-0.3, -0.25) is 0 Å². The van der Waals surface area contributed by atoms with Crippen molar-refractivity contribution in [3.63, 3.8) is 0 Å². The second-order valence-corrected chi connectivity index (χ2v) is 3.75. The van der Waals surface area contributed by atoms with Gasteiger partial charge in [0.05, 0.1) is 11.6 Å². The standard InChI is InChI=1S/C10H6BrN5/c11-9-8(14-10(13)16-15-9)7-3-1-6(5-12)2-4-7/h1-4H,(H2,13,14,16). The molecule has 0 bridgehead atoms. The lowest BCUT2D eigenvalue weighted by Gasteiger charge is -2.02. The van der Waals surface area contributed by atoms with Gasteiger partial charge in [-0.25, -0.2) is 4.98 Å². The Morgan fingerprint density at radius 3 is 2.50 bits per heavy atom. The van der Waals surface area contributed by atoms with Gasteiger partial charge in [0.15, 0.2) is 4.60 Å². The van der Waals surface area contributed by atoms with Crippen LogP contribution >= 0.6 is 15.9 Å². The molecular formula is C10H6BrN5. The number of hydrogen-bond donors (Lipinski definition) is 1. The van der Waals surface area contributed by atoms with Crippen molar-refractivity contribution in [3.05, 3.63) is 34.4 Å². The molecule has 1 aromatic carbocycles. The lowest BCUT2D eigenvalue weighted by molar-refractivity contribution is 0.966. The SMILES string of the molecule is N#Cc1ccc(-c2nc(N)nnc2Br)cc1. The van der Waals surface area contributed by atoms with Crippen LogP contribution in [0.25, 0.3) is 11.3 Å². The van der Waals surface area contributed by atoms with E-state index < -0.39 is 0 Å². The summed E-state index contributed by atoms with van der Waals surface area (Å²) in [5, 5.41) is 16.1. The first-order valence-corrected chi connectivity index (χ1v) is 5.16. The largest absolute Gasteiger partial charge is 0.366 e. The van der Waals surface area contributed by atoms with Gasteiger partial charge >= 0.3 is 0 Å². The van der Waals surface area contributed by atoms with Crippen molar-refractivity contribution < 1.29 is 0 Å². The molecule has 0 aliphatic carbocycles. The summed E-state index contributed by atoms with van der Waals surface area (Å²) in [5.74, 6) is 0.113. The summed E-state index contributed by atoms with van der Waals surface area (Å²) >= 11 is 3.25. The fraction of sp³-hybridized carbons (Fsp3) is 0. The molecule has 0 spiro atoms. The predicted octanol–water partition coefficient (Wildman–Crippen LogP) is 1.75. The number of halogens is 1. The minimum atomic E-state index is 0.113. The summed E-state index contributed by atoms with van der Waals surface area (Å²) in [6.07, 6.45) is 0. The number of nitrogen functional groups attached to an aromatic ring is 1. The normalized spacial score (nSPS) is 9.75. The maximum absolute atomic E-state index is 8.68. The highest BCUT2D eigenvalue weighted by atomic mass is 79.9. The molecule has 0 fully saturated rings. The third-order valence-electron chi connectivity index (χ3n) is 1.95. The zero-order valence-electron chi connectivity index (χ0n) is 8.05. The Balaban J connectivity index is 2.50. The third kappa shape index (κ3) is 1.99. The Bertz CT molecular complexity index is 558. The minimum Gasteiger partial charge on any atom is -0.366 e. The molecule has 2 aromatic rings. The van der Waals surface area contributed by atoms with Gasteiger partial charge in [-0.05, 0) is 28.1 Å². The van der Waals surface area contributed by atoms with Crippen LogP contribution in [-0.4, -0.2) is 15.2 Å². The van der Waals surface area contributed by atoms with Crippen LogP contribution in [0.2, 0.25) is 0 Å². The van der Waals surface area contributed by atoms with E-state index in [1.807, 2.05) is 6.07 Å². The number of nitrogens with zero attached hydrogens (tertiary/aromatic N) is 4. The van der Waals surface area contributed by atoms with Crippen LogP contribution in [0.4, 0.5) is 5.95 Å². The fourth-order valence-corrected chi connectivity index (χ4v) is 1.61. The second-order valence-electron chi connectivity index (χ2n) is 3.00. The van der Waals surface area contributed by atoms with Gasteiger partial charge in [0.1, 0.15) is 5.69 Å². The van der Waals surface area contributed by atoms with Crippen molar-refractivity contribution in [3.8, 4) is 17.3 Å². The molecule has 0 atom stereocenters. The quantitative estimate of drug-likeness (QED) is 0.857. The molecule has 0 unspecified atom stereocenters. The molecule has 0 aliphatic heterocycles. The van der Waals surface area contributed by atoms with E-state index in [4.69, 9.17) is 11.0 Å². The van der Waals surface area contributed by atoms with E-state index >= 15 is 0 Å². The summed E-state index contributed by atoms with van der Waals surface area (Å²) in [4.78, 5) is 4.07. The lowest BCUT2D eigenvalue weighted by atomic mass is 10.1. The molecule has 0 saturated heterocycles. The molecule has 16 heavy (non-hydrogen) atoms. The van der Waals surface area contributed by atoms with Crippen LogP contribution in [-0.2, 0) is 0 Å². The number of rotatable bonds is 1. The predicted molar refractivity (Wildman–Crippen MR) is 62.1 cm³/mol. The van der Waals surface area contributed by atoms with Crippen molar-refractivity contribution in [1.82, 2.24) is 15.2 Å². The van der Waals surface area contributed by atoms with E-state index in [0.29, 0.717) is 15.9 Å². The Kier molecular flexibility index (Phi) is 2.79. The summed E-state index contributed by atoms with van der Waals surface area (Å²) < 4.78 is 0.520. The number of anilines is 1. The van der Waals surface area contributed by atoms with Crippen LogP contribution in [0.3, 0.4) is 0 Å². The Morgan fingerprint density at radius 2 is 1.88 bits per heavy atom. The van der Waals surface area contributed by atoms with E-state index in [0.717, 1.165) is 5.56 Å². The van der Waals surface area contributed by atoms with Crippen LogP contribution < -0.4 is 5.73 Å². The number of aromatic nitrogens is 3. The molecule has 1 heterocycles. The Hall–Kier alpha value is -2.00. The van der Waals surface area contributed by atoms with E-state index in [1.54, 1.807) is 24.3 Å². The van der Waals surface area contributed by atoms with Crippen LogP contribution in [0.5, 0.6) is 0 Å². The monoisotopic (exact) mass is 275 g/mol. The maximum atomic E-state index is 8.68. The van der Waals surface area contributed by atoms with Crippen molar-refractivity contribution in [2.45, 2.75) is 0 Å². The summed E-state index contributed by atoms with van der Waals surface area (Å²) in [7, 11) is 0. The summed E-state index contributed by atoms with van der Waals surface area (Å²) in [6.45, 7) is 0. The van der Waals surface area contributed by atoms with E-state index in [1.165, 1.54) is 0 Å². The number of nitrogens with two attached hydrogens (primary N) is 1. The second kappa shape index (κ2) is 4.24. The van der Waals surface area contributed by atoms with Crippen LogP contribution in [0.1, 0.15) is 5.56 Å². The van der Waals surface area contributed by atoms with E-state index in [9.17, 15) is 0 Å². The molecule has 0 amide bonds. The highest BCUT2D eigenvalue weighted by molar-refractivity contribution is 9.10. The first-order chi connectivity index (χ1) is 7.70. The van der Waals surface area contributed by atoms with Gasteiger partial charge in [0.25, 0.3) is 0 Å². The molecule has 2 N–H and O–H groups in total. The molecule has 6 heteroatoms. The highest BCUT2D eigenvalue weighted by Gasteiger charge is 2.07. The van der Waals surface area contributed by atoms with Gasteiger partial charge in [-0.2, -0.15) is 5.26 Å². The van der Waals surface area contributed by atoms with Crippen molar-refractivity contribution >= 4 is 21.9 Å². The van der Waals surface area contributed by atoms with Crippen molar-refractivity contribution in [2.75, 3.05) is 5.73 Å². The van der Waals surface area contributed by atoms with Gasteiger partial charge in [-0.15, -0.1) is 10.2 Å². The molecule has 5 nitrogen and oxygen atoms in total. The molecule has 78 valence electrons. The average Bonchev–Trinajstić information content (AvgIpc) is 2.32. The number of hydrogen-bond acceptors (Lipinski definition) is 5. The molecule has 0 radical (unpaired) electrons. The minimum absolute atomic E-state index is 0.113. The summed E-state index contributed by atoms with van der Waals surface area (Å²) in [5.41, 5.74) is 7.49. The lowest BCUT2D eigenvalue weighted by Crippen LogP contribution is -2.00. The van der Waals surface area contributed by atoms with E-state index in [2.05, 4.69) is 31.1 Å². The fourth-order valence-electron chi connectivity index (χ4n) is 1.21. The topological polar surface area (TPSA) is 88.5 Å². The zero-order chi connectivity index (χ0) is 11.5. The smallest absolute Gasteiger partial charge is 0.240 e. The molecule has 2 rings (SSSR count). The first-order valence-electron chi connectivity index (χ1n) is 4.37. The molecule has 1 aromatic heterocycles.